The number of amides is 2. The second-order valence-electron chi connectivity index (χ2n) is 5.69. The van der Waals surface area contributed by atoms with Crippen molar-refractivity contribution >= 4 is 28.8 Å². The van der Waals surface area contributed by atoms with Gasteiger partial charge in [-0.25, -0.2) is 0 Å². The van der Waals surface area contributed by atoms with Gasteiger partial charge in [-0.1, -0.05) is 19.9 Å². The average Bonchev–Trinajstić information content (AvgIpc) is 3.13. The van der Waals surface area contributed by atoms with Crippen LogP contribution in [-0.2, 0) is 4.79 Å². The Morgan fingerprint density at radius 1 is 1.28 bits per heavy atom. The van der Waals surface area contributed by atoms with E-state index in [1.807, 2.05) is 19.9 Å². The van der Waals surface area contributed by atoms with Crippen molar-refractivity contribution in [3.8, 4) is 11.8 Å². The Morgan fingerprint density at radius 2 is 2.04 bits per heavy atom. The number of carbonyl (C=O) groups is 2. The molecular formula is C18H19N3O3S. The van der Waals surface area contributed by atoms with Crippen LogP contribution in [0.5, 0.6) is 5.75 Å². The zero-order valence-electron chi connectivity index (χ0n) is 14.2. The van der Waals surface area contributed by atoms with Gasteiger partial charge in [0.15, 0.2) is 0 Å². The number of nitrogens with zero attached hydrogens (tertiary/aromatic N) is 1. The third-order valence-electron chi connectivity index (χ3n) is 3.57. The monoisotopic (exact) mass is 357 g/mol. The first-order chi connectivity index (χ1) is 12.0. The molecule has 7 heteroatoms. The van der Waals surface area contributed by atoms with E-state index < -0.39 is 6.04 Å². The summed E-state index contributed by atoms with van der Waals surface area (Å²) in [6, 6.07) is 9.54. The lowest BCUT2D eigenvalue weighted by Gasteiger charge is -2.22. The van der Waals surface area contributed by atoms with Crippen molar-refractivity contribution < 1.29 is 14.3 Å². The van der Waals surface area contributed by atoms with E-state index in [9.17, 15) is 9.59 Å². The van der Waals surface area contributed by atoms with E-state index in [1.54, 1.807) is 29.6 Å². The van der Waals surface area contributed by atoms with Gasteiger partial charge in [0.25, 0.3) is 5.91 Å². The van der Waals surface area contributed by atoms with Gasteiger partial charge in [0, 0.05) is 0 Å². The topological polar surface area (TPSA) is 91.2 Å². The molecule has 1 heterocycles. The molecule has 1 aromatic heterocycles. The molecule has 0 aliphatic rings. The van der Waals surface area contributed by atoms with Gasteiger partial charge in [0.2, 0.25) is 5.91 Å². The fraction of sp³-hybridized carbons (Fsp3) is 0.278. The van der Waals surface area contributed by atoms with Crippen LogP contribution in [0, 0.1) is 17.2 Å². The zero-order valence-corrected chi connectivity index (χ0v) is 15.0. The smallest absolute Gasteiger partial charge is 0.262 e. The highest BCUT2D eigenvalue weighted by molar-refractivity contribution is 7.12. The van der Waals surface area contributed by atoms with Gasteiger partial charge >= 0.3 is 0 Å². The van der Waals surface area contributed by atoms with Gasteiger partial charge in [-0.3, -0.25) is 9.59 Å². The highest BCUT2D eigenvalue weighted by Gasteiger charge is 2.26. The number of anilines is 1. The van der Waals surface area contributed by atoms with E-state index >= 15 is 0 Å². The molecule has 1 atom stereocenters. The van der Waals surface area contributed by atoms with Crippen molar-refractivity contribution in [3.05, 3.63) is 46.2 Å². The van der Waals surface area contributed by atoms with Crippen LogP contribution in [0.1, 0.15) is 29.1 Å². The minimum atomic E-state index is -0.718. The Balaban J connectivity index is 2.18. The molecule has 1 unspecified atom stereocenters. The Bertz CT molecular complexity index is 794. The second-order valence-corrected chi connectivity index (χ2v) is 6.64. The molecule has 0 saturated heterocycles. The van der Waals surface area contributed by atoms with Crippen molar-refractivity contribution in [3.63, 3.8) is 0 Å². The molecular weight excluding hydrogens is 338 g/mol. The van der Waals surface area contributed by atoms with E-state index in [0.717, 1.165) is 0 Å². The maximum Gasteiger partial charge on any atom is 0.262 e. The summed E-state index contributed by atoms with van der Waals surface area (Å²) < 4.78 is 5.22. The maximum atomic E-state index is 12.7. The molecule has 0 bridgehead atoms. The molecule has 0 aliphatic carbocycles. The highest BCUT2D eigenvalue weighted by atomic mass is 32.1. The van der Waals surface area contributed by atoms with Crippen molar-refractivity contribution in [2.45, 2.75) is 19.9 Å². The number of ether oxygens (including phenoxy) is 1. The number of hydrogen-bond acceptors (Lipinski definition) is 5. The van der Waals surface area contributed by atoms with E-state index in [1.165, 1.54) is 24.5 Å². The predicted octanol–water partition coefficient (Wildman–Crippen LogP) is 3.02. The highest BCUT2D eigenvalue weighted by Crippen LogP contribution is 2.25. The quantitative estimate of drug-likeness (QED) is 0.831. The lowest BCUT2D eigenvalue weighted by atomic mass is 10.0. The summed E-state index contributed by atoms with van der Waals surface area (Å²) in [6.07, 6.45) is 0. The lowest BCUT2D eigenvalue weighted by molar-refractivity contribution is -0.118. The van der Waals surface area contributed by atoms with Crippen LogP contribution in [0.4, 0.5) is 5.69 Å². The van der Waals surface area contributed by atoms with Gasteiger partial charge in [-0.15, -0.1) is 11.3 Å². The van der Waals surface area contributed by atoms with Crippen LogP contribution in [-0.4, -0.2) is 25.0 Å². The van der Waals surface area contributed by atoms with E-state index in [-0.39, 0.29) is 17.7 Å². The number of benzene rings is 1. The Labute approximate surface area is 150 Å². The summed E-state index contributed by atoms with van der Waals surface area (Å²) >= 11 is 1.31. The minimum absolute atomic E-state index is 0.117. The number of rotatable bonds is 6. The third kappa shape index (κ3) is 4.58. The molecule has 0 radical (unpaired) electrons. The van der Waals surface area contributed by atoms with Crippen LogP contribution in [0.2, 0.25) is 0 Å². The van der Waals surface area contributed by atoms with Gasteiger partial charge in [0.1, 0.15) is 11.8 Å². The molecule has 0 saturated carbocycles. The van der Waals surface area contributed by atoms with Crippen molar-refractivity contribution in [2.75, 3.05) is 12.4 Å². The number of hydrogen-bond donors (Lipinski definition) is 2. The normalized spacial score (nSPS) is 11.5. The third-order valence-corrected chi connectivity index (χ3v) is 4.44. The average molecular weight is 357 g/mol. The van der Waals surface area contributed by atoms with Gasteiger partial charge in [0.05, 0.1) is 29.3 Å². The summed E-state index contributed by atoms with van der Waals surface area (Å²) in [7, 11) is 1.48. The van der Waals surface area contributed by atoms with Crippen LogP contribution in [0.15, 0.2) is 35.7 Å². The molecule has 6 nitrogen and oxygen atoms in total. The number of methoxy groups -OCH3 is 1. The molecule has 0 aliphatic heterocycles. The number of nitrogens with one attached hydrogen (secondary N) is 2. The molecule has 0 spiro atoms. The molecule has 2 amide bonds. The molecule has 2 rings (SSSR count). The Morgan fingerprint density at radius 3 is 2.60 bits per heavy atom. The molecule has 25 heavy (non-hydrogen) atoms. The minimum Gasteiger partial charge on any atom is -0.495 e. The lowest BCUT2D eigenvalue weighted by Crippen LogP contribution is -2.47. The van der Waals surface area contributed by atoms with Gasteiger partial charge in [-0.05, 0) is 35.6 Å². The second kappa shape index (κ2) is 8.31. The molecule has 2 aromatic rings. The number of carbonyl (C=O) groups excluding carboxylic acids is 2. The van der Waals surface area contributed by atoms with Gasteiger partial charge < -0.3 is 15.4 Å². The van der Waals surface area contributed by atoms with Crippen LogP contribution >= 0.6 is 11.3 Å². The summed E-state index contributed by atoms with van der Waals surface area (Å²) in [4.78, 5) is 25.5. The molecule has 130 valence electrons. The SMILES string of the molecule is COc1ccc(C#N)cc1NC(=O)C(NC(=O)c1cccs1)C(C)C. The van der Waals surface area contributed by atoms with E-state index in [4.69, 9.17) is 10.00 Å². The maximum absolute atomic E-state index is 12.7. The first kappa shape index (κ1) is 18.5. The number of thiophene rings is 1. The largest absolute Gasteiger partial charge is 0.495 e. The summed E-state index contributed by atoms with van der Waals surface area (Å²) in [5.74, 6) is -0.330. The van der Waals surface area contributed by atoms with Crippen molar-refractivity contribution in [1.82, 2.24) is 5.32 Å². The number of nitriles is 1. The first-order valence-corrected chi connectivity index (χ1v) is 8.57. The standard InChI is InChI=1S/C18H19N3O3S/c1-11(2)16(21-17(22)15-5-4-8-25-15)18(23)20-13-9-12(10-19)6-7-14(13)24-3/h4-9,11,16H,1-3H3,(H,20,23)(H,21,22). The molecule has 2 N–H and O–H groups in total. The Hall–Kier alpha value is -2.85. The van der Waals surface area contributed by atoms with Gasteiger partial charge in [-0.2, -0.15) is 5.26 Å². The summed E-state index contributed by atoms with van der Waals surface area (Å²) in [5, 5.41) is 16.3. The summed E-state index contributed by atoms with van der Waals surface area (Å²) in [6.45, 7) is 3.70. The van der Waals surface area contributed by atoms with E-state index in [0.29, 0.717) is 21.9 Å². The fourth-order valence-corrected chi connectivity index (χ4v) is 2.87. The molecule has 1 aromatic carbocycles. The van der Waals surface area contributed by atoms with Crippen LogP contribution in [0.3, 0.4) is 0 Å². The zero-order chi connectivity index (χ0) is 18.4. The van der Waals surface area contributed by atoms with Crippen LogP contribution in [0.25, 0.3) is 0 Å². The van der Waals surface area contributed by atoms with Crippen molar-refractivity contribution in [2.24, 2.45) is 5.92 Å². The Kier molecular flexibility index (Phi) is 6.14. The van der Waals surface area contributed by atoms with E-state index in [2.05, 4.69) is 10.6 Å². The fourth-order valence-electron chi connectivity index (χ4n) is 2.24. The van der Waals surface area contributed by atoms with Crippen molar-refractivity contribution in [1.29, 1.82) is 5.26 Å². The summed E-state index contributed by atoms with van der Waals surface area (Å²) in [5.41, 5.74) is 0.794. The first-order valence-electron chi connectivity index (χ1n) is 7.69. The van der Waals surface area contributed by atoms with Crippen LogP contribution < -0.4 is 15.4 Å². The predicted molar refractivity (Wildman–Crippen MR) is 96.7 cm³/mol. The molecule has 0 fully saturated rings.